The number of carbonyl (C=O) groups is 1. The minimum atomic E-state index is -0.776. The van der Waals surface area contributed by atoms with Crippen LogP contribution in [0.15, 0.2) is 66.7 Å². The fourth-order valence-corrected chi connectivity index (χ4v) is 3.18. The molecule has 32 heavy (non-hydrogen) atoms. The third kappa shape index (κ3) is 7.88. The van der Waals surface area contributed by atoms with Crippen molar-refractivity contribution in [2.75, 3.05) is 13.2 Å². The first-order chi connectivity index (χ1) is 15.4. The molecule has 0 fully saturated rings. The van der Waals surface area contributed by atoms with E-state index < -0.39 is 5.09 Å². The second-order valence-corrected chi connectivity index (χ2v) is 7.39. The third-order valence-electron chi connectivity index (χ3n) is 4.75. The van der Waals surface area contributed by atoms with Crippen LogP contribution in [0.3, 0.4) is 0 Å². The summed E-state index contributed by atoms with van der Waals surface area (Å²) in [5.74, 6) is 1.01. The van der Waals surface area contributed by atoms with Gasteiger partial charge < -0.3 is 20.0 Å². The number of nitrogens with one attached hydrogen (secondary N) is 1. The molecule has 3 rings (SSSR count). The van der Waals surface area contributed by atoms with Gasteiger partial charge in [0.05, 0.1) is 6.61 Å². The van der Waals surface area contributed by atoms with E-state index in [0.29, 0.717) is 12.6 Å². The molecule has 0 spiro atoms. The van der Waals surface area contributed by atoms with E-state index in [2.05, 4.69) is 42.2 Å². The van der Waals surface area contributed by atoms with Crippen LogP contribution in [-0.2, 0) is 16.2 Å². The summed E-state index contributed by atoms with van der Waals surface area (Å²) in [4.78, 5) is 23.2. The molecule has 3 aromatic rings. The molecule has 8 nitrogen and oxygen atoms in total. The maximum atomic E-state index is 10.4. The largest absolute Gasteiger partial charge is 0.492 e. The second kappa shape index (κ2) is 12.9. The summed E-state index contributed by atoms with van der Waals surface area (Å²) in [6, 6.07) is 22.3. The molecule has 170 valence electrons. The summed E-state index contributed by atoms with van der Waals surface area (Å²) in [5, 5.41) is 22.2. The quantitative estimate of drug-likeness (QED) is 0.273. The molecule has 0 saturated heterocycles. The van der Waals surface area contributed by atoms with Gasteiger partial charge in [-0.25, -0.2) is 0 Å². The van der Waals surface area contributed by atoms with E-state index in [-0.39, 0.29) is 19.0 Å². The number of ether oxygens (including phenoxy) is 1. The number of carboxylic acid groups (broad SMARTS) is 1. The highest BCUT2D eigenvalue weighted by Crippen LogP contribution is 2.27. The summed E-state index contributed by atoms with van der Waals surface area (Å²) < 4.78 is 6.22. The smallest absolute Gasteiger partial charge is 0.294 e. The zero-order valence-electron chi connectivity index (χ0n) is 18.1. The monoisotopic (exact) mass is 440 g/mol. The lowest BCUT2D eigenvalue weighted by Crippen LogP contribution is -2.30. The van der Waals surface area contributed by atoms with Crippen LogP contribution in [0.5, 0.6) is 5.75 Å². The van der Waals surface area contributed by atoms with Gasteiger partial charge in [-0.1, -0.05) is 74.5 Å². The molecule has 2 N–H and O–H groups in total. The lowest BCUT2D eigenvalue weighted by molar-refractivity contribution is -0.763. The Labute approximate surface area is 186 Å². The molecule has 3 aromatic carbocycles. The van der Waals surface area contributed by atoms with Crippen molar-refractivity contribution >= 4 is 17.2 Å². The van der Waals surface area contributed by atoms with Crippen LogP contribution in [0.1, 0.15) is 30.9 Å². The Morgan fingerprint density at radius 1 is 1.06 bits per heavy atom. The van der Waals surface area contributed by atoms with Gasteiger partial charge in [0, 0.05) is 23.9 Å². The van der Waals surface area contributed by atoms with Crippen LogP contribution in [0, 0.1) is 10.1 Å². The van der Waals surface area contributed by atoms with Crippen molar-refractivity contribution in [2.45, 2.75) is 32.4 Å². The fourth-order valence-electron chi connectivity index (χ4n) is 3.18. The molecule has 0 aliphatic heterocycles. The van der Waals surface area contributed by atoms with Gasteiger partial charge in [0.1, 0.15) is 12.4 Å². The molecular formula is C24H28N2O6. The van der Waals surface area contributed by atoms with E-state index in [1.807, 2.05) is 48.5 Å². The molecular weight excluding hydrogens is 412 g/mol. The number of hydrogen-bond acceptors (Lipinski definition) is 6. The molecule has 1 atom stereocenters. The van der Waals surface area contributed by atoms with Crippen LogP contribution in [0.25, 0.3) is 10.8 Å². The van der Waals surface area contributed by atoms with Crippen LogP contribution in [-0.4, -0.2) is 35.9 Å². The molecule has 0 aliphatic rings. The first-order valence-electron chi connectivity index (χ1n) is 10.2. The van der Waals surface area contributed by atoms with Gasteiger partial charge in [-0.15, -0.1) is 10.1 Å². The standard InChI is InChI=1S/C23H26N2O4.CH2O2/c1-17(2)24-14-21(19-12-10-18(11-13-19)15-29-25(26)27)16-28-23-9-5-7-20-6-3-4-8-22(20)23;2-1-3/h3-13,17,21,24H,14-16H2,1-2H3;1H,(H,2,3). The van der Waals surface area contributed by atoms with E-state index in [0.717, 1.165) is 34.2 Å². The van der Waals surface area contributed by atoms with Crippen molar-refractivity contribution in [1.29, 1.82) is 0 Å². The molecule has 0 bridgehead atoms. The molecule has 0 aliphatic carbocycles. The van der Waals surface area contributed by atoms with Crippen molar-refractivity contribution in [3.63, 3.8) is 0 Å². The number of benzene rings is 3. The molecule has 0 aromatic heterocycles. The van der Waals surface area contributed by atoms with Gasteiger partial charge in [0.15, 0.2) is 0 Å². The number of rotatable bonds is 10. The van der Waals surface area contributed by atoms with E-state index in [1.165, 1.54) is 0 Å². The Balaban J connectivity index is 0.00000114. The highest BCUT2D eigenvalue weighted by Gasteiger charge is 2.14. The summed E-state index contributed by atoms with van der Waals surface area (Å²) in [5.41, 5.74) is 1.87. The van der Waals surface area contributed by atoms with Crippen molar-refractivity contribution < 1.29 is 24.6 Å². The van der Waals surface area contributed by atoms with Crippen LogP contribution >= 0.6 is 0 Å². The number of hydrogen-bond donors (Lipinski definition) is 2. The van der Waals surface area contributed by atoms with Gasteiger partial charge >= 0.3 is 0 Å². The summed E-state index contributed by atoms with van der Waals surface area (Å²) in [6.45, 7) is 5.22. The maximum Gasteiger partial charge on any atom is 0.294 e. The number of fused-ring (bicyclic) bond motifs is 1. The average molecular weight is 440 g/mol. The maximum absolute atomic E-state index is 10.4. The van der Waals surface area contributed by atoms with Gasteiger partial charge in [-0.2, -0.15) is 0 Å². The van der Waals surface area contributed by atoms with Gasteiger partial charge in [-0.3, -0.25) is 4.79 Å². The van der Waals surface area contributed by atoms with Crippen LogP contribution < -0.4 is 10.1 Å². The fraction of sp³-hybridized carbons (Fsp3) is 0.292. The molecule has 0 saturated carbocycles. The molecule has 0 heterocycles. The predicted molar refractivity (Wildman–Crippen MR) is 122 cm³/mol. The minimum Gasteiger partial charge on any atom is -0.492 e. The van der Waals surface area contributed by atoms with E-state index in [1.54, 1.807) is 0 Å². The lowest BCUT2D eigenvalue weighted by atomic mass is 9.98. The Kier molecular flexibility index (Phi) is 9.93. The second-order valence-electron chi connectivity index (χ2n) is 7.39. The summed E-state index contributed by atoms with van der Waals surface area (Å²) >= 11 is 0. The molecule has 8 heteroatoms. The molecule has 0 amide bonds. The average Bonchev–Trinajstić information content (AvgIpc) is 2.78. The minimum absolute atomic E-state index is 0.0469. The summed E-state index contributed by atoms with van der Waals surface area (Å²) in [7, 11) is 0. The first kappa shape index (κ1) is 24.6. The van der Waals surface area contributed by atoms with Crippen LogP contribution in [0.2, 0.25) is 0 Å². The van der Waals surface area contributed by atoms with Crippen molar-refractivity contribution in [3.8, 4) is 5.75 Å². The topological polar surface area (TPSA) is 111 Å². The highest BCUT2D eigenvalue weighted by molar-refractivity contribution is 5.88. The Bertz CT molecular complexity index is 986. The Hall–Kier alpha value is -3.65. The van der Waals surface area contributed by atoms with Crippen molar-refractivity contribution in [1.82, 2.24) is 5.32 Å². The van der Waals surface area contributed by atoms with Crippen molar-refractivity contribution in [3.05, 3.63) is 88.0 Å². The predicted octanol–water partition coefficient (Wildman–Crippen LogP) is 4.41. The Morgan fingerprint density at radius 3 is 2.38 bits per heavy atom. The summed E-state index contributed by atoms with van der Waals surface area (Å²) in [6.07, 6.45) is 0. The SMILES string of the molecule is CC(C)NCC(COc1cccc2ccccc12)c1ccc(CO[N+](=O)[O-])cc1.O=CO. The highest BCUT2D eigenvalue weighted by atomic mass is 16.9. The lowest BCUT2D eigenvalue weighted by Gasteiger charge is -2.21. The van der Waals surface area contributed by atoms with Gasteiger partial charge in [-0.05, 0) is 22.6 Å². The molecule has 1 unspecified atom stereocenters. The third-order valence-corrected chi connectivity index (χ3v) is 4.75. The Morgan fingerprint density at radius 2 is 1.72 bits per heavy atom. The van der Waals surface area contributed by atoms with E-state index in [4.69, 9.17) is 14.6 Å². The van der Waals surface area contributed by atoms with Crippen LogP contribution in [0.4, 0.5) is 0 Å². The zero-order chi connectivity index (χ0) is 23.3. The zero-order valence-corrected chi connectivity index (χ0v) is 18.1. The molecule has 0 radical (unpaired) electrons. The van der Waals surface area contributed by atoms with Crippen molar-refractivity contribution in [2.24, 2.45) is 0 Å². The van der Waals surface area contributed by atoms with Gasteiger partial charge in [0.25, 0.3) is 11.6 Å². The first-order valence-corrected chi connectivity index (χ1v) is 10.2. The van der Waals surface area contributed by atoms with Gasteiger partial charge in [0.2, 0.25) is 0 Å². The number of nitrogens with zero attached hydrogens (tertiary/aromatic N) is 1. The van der Waals surface area contributed by atoms with E-state index >= 15 is 0 Å². The van der Waals surface area contributed by atoms with E-state index in [9.17, 15) is 10.1 Å². The normalized spacial score (nSPS) is 11.3.